The lowest BCUT2D eigenvalue weighted by Crippen LogP contribution is -2.09. The Morgan fingerprint density at radius 3 is 2.47 bits per heavy atom. The molecule has 0 aliphatic heterocycles. The maximum Gasteiger partial charge on any atom is 0.127 e. The summed E-state index contributed by atoms with van der Waals surface area (Å²) in [6, 6.07) is 5.96. The molecule has 0 spiro atoms. The van der Waals surface area contributed by atoms with Crippen LogP contribution in [0.25, 0.3) is 0 Å². The predicted molar refractivity (Wildman–Crippen MR) is 61.4 cm³/mol. The molecule has 1 aromatic carbocycles. The molecule has 2 heteroatoms. The van der Waals surface area contributed by atoms with E-state index in [4.69, 9.17) is 4.74 Å². The fourth-order valence-electron chi connectivity index (χ4n) is 1.68. The van der Waals surface area contributed by atoms with Crippen molar-refractivity contribution in [2.45, 2.75) is 26.7 Å². The molecule has 0 aliphatic carbocycles. The Kier molecular flexibility index (Phi) is 3.89. The van der Waals surface area contributed by atoms with Crippen molar-refractivity contribution in [2.24, 2.45) is 5.92 Å². The first kappa shape index (κ1) is 11.8. The Morgan fingerprint density at radius 1 is 1.33 bits per heavy atom. The van der Waals surface area contributed by atoms with Gasteiger partial charge in [-0.3, -0.25) is 0 Å². The molecule has 0 saturated heterocycles. The number of ether oxygens (including phenoxy) is 1. The van der Waals surface area contributed by atoms with Crippen LogP contribution in [0.15, 0.2) is 18.2 Å². The monoisotopic (exact) mass is 206 g/mol. The summed E-state index contributed by atoms with van der Waals surface area (Å²) in [5.74, 6) is 1.01. The summed E-state index contributed by atoms with van der Waals surface area (Å²) in [6.45, 7) is 6.09. The van der Waals surface area contributed by atoms with Crippen molar-refractivity contribution in [3.63, 3.8) is 0 Å². The highest BCUT2D eigenvalue weighted by Crippen LogP contribution is 2.31. The van der Waals surface area contributed by atoms with Crippen molar-refractivity contribution in [1.29, 1.82) is 0 Å². The van der Waals surface area contributed by atoms with Crippen molar-refractivity contribution in [1.82, 2.24) is 0 Å². The summed E-state index contributed by atoms with van der Waals surface area (Å²) in [5.41, 5.74) is 2.12. The normalized spacial score (nSPS) is 12.6. The molecule has 0 fully saturated rings. The predicted octanol–water partition coefficient (Wildman–Crippen LogP) is 2.94. The van der Waals surface area contributed by atoms with Crippen LogP contribution in [-0.4, -0.2) is 13.4 Å². The van der Waals surface area contributed by atoms with E-state index in [2.05, 4.69) is 0 Å². The Morgan fingerprint density at radius 2 is 2.00 bits per heavy atom. The first-order valence-corrected chi connectivity index (χ1v) is 5.20. The highest BCUT2D eigenvalue weighted by molar-refractivity contribution is 5.65. The number of carbonyl (C=O) groups is 1. The lowest BCUT2D eigenvalue weighted by Gasteiger charge is -2.18. The third kappa shape index (κ3) is 2.58. The summed E-state index contributed by atoms with van der Waals surface area (Å²) in [4.78, 5) is 11.0. The SMILES string of the molecule is COc1cc(C)ccc1C(C=O)C(C)C. The second-order valence-corrected chi connectivity index (χ2v) is 4.15. The lowest BCUT2D eigenvalue weighted by molar-refractivity contribution is -0.109. The fraction of sp³-hybridized carbons (Fsp3) is 0.462. The number of aryl methyl sites for hydroxylation is 1. The van der Waals surface area contributed by atoms with Gasteiger partial charge < -0.3 is 9.53 Å². The molecule has 0 N–H and O–H groups in total. The van der Waals surface area contributed by atoms with E-state index in [1.807, 2.05) is 39.0 Å². The molecule has 1 rings (SSSR count). The van der Waals surface area contributed by atoms with Crippen LogP contribution in [0.5, 0.6) is 5.75 Å². The van der Waals surface area contributed by atoms with Crippen LogP contribution in [0, 0.1) is 12.8 Å². The summed E-state index contributed by atoms with van der Waals surface area (Å²) in [7, 11) is 1.64. The lowest BCUT2D eigenvalue weighted by atomic mass is 9.88. The minimum absolute atomic E-state index is 0.0828. The van der Waals surface area contributed by atoms with Gasteiger partial charge in [-0.05, 0) is 24.5 Å². The van der Waals surface area contributed by atoms with Crippen molar-refractivity contribution in [3.8, 4) is 5.75 Å². The molecule has 1 aromatic rings. The van der Waals surface area contributed by atoms with Gasteiger partial charge in [-0.15, -0.1) is 0 Å². The maximum absolute atomic E-state index is 11.0. The van der Waals surface area contributed by atoms with Gasteiger partial charge in [0, 0.05) is 11.5 Å². The average Bonchev–Trinajstić information content (AvgIpc) is 2.20. The molecule has 0 aliphatic rings. The maximum atomic E-state index is 11.0. The molecular weight excluding hydrogens is 188 g/mol. The second kappa shape index (κ2) is 4.96. The number of hydrogen-bond donors (Lipinski definition) is 0. The van der Waals surface area contributed by atoms with Gasteiger partial charge in [0.2, 0.25) is 0 Å². The van der Waals surface area contributed by atoms with E-state index in [9.17, 15) is 4.79 Å². The van der Waals surface area contributed by atoms with Crippen molar-refractivity contribution >= 4 is 6.29 Å². The minimum atomic E-state index is -0.0828. The highest BCUT2D eigenvalue weighted by atomic mass is 16.5. The summed E-state index contributed by atoms with van der Waals surface area (Å²) >= 11 is 0. The van der Waals surface area contributed by atoms with E-state index in [-0.39, 0.29) is 5.92 Å². The first-order valence-electron chi connectivity index (χ1n) is 5.20. The molecule has 15 heavy (non-hydrogen) atoms. The van der Waals surface area contributed by atoms with E-state index < -0.39 is 0 Å². The number of benzene rings is 1. The van der Waals surface area contributed by atoms with E-state index in [0.29, 0.717) is 5.92 Å². The van der Waals surface area contributed by atoms with Gasteiger partial charge in [-0.25, -0.2) is 0 Å². The molecule has 1 unspecified atom stereocenters. The van der Waals surface area contributed by atoms with Gasteiger partial charge in [0.1, 0.15) is 12.0 Å². The number of rotatable bonds is 4. The van der Waals surface area contributed by atoms with Gasteiger partial charge in [-0.1, -0.05) is 26.0 Å². The fourth-order valence-corrected chi connectivity index (χ4v) is 1.68. The Bertz CT molecular complexity index is 342. The molecule has 0 bridgehead atoms. The van der Waals surface area contributed by atoms with E-state index in [0.717, 1.165) is 23.2 Å². The van der Waals surface area contributed by atoms with Crippen molar-refractivity contribution in [2.75, 3.05) is 7.11 Å². The van der Waals surface area contributed by atoms with E-state index >= 15 is 0 Å². The number of carbonyl (C=O) groups excluding carboxylic acids is 1. The quantitative estimate of drug-likeness (QED) is 0.708. The van der Waals surface area contributed by atoms with E-state index in [1.54, 1.807) is 7.11 Å². The third-order valence-corrected chi connectivity index (χ3v) is 2.61. The number of aldehydes is 1. The largest absolute Gasteiger partial charge is 0.496 e. The average molecular weight is 206 g/mol. The molecule has 0 heterocycles. The second-order valence-electron chi connectivity index (χ2n) is 4.15. The molecule has 82 valence electrons. The van der Waals surface area contributed by atoms with Gasteiger partial charge in [0.05, 0.1) is 7.11 Å². The third-order valence-electron chi connectivity index (χ3n) is 2.61. The number of methoxy groups -OCH3 is 1. The van der Waals surface area contributed by atoms with Crippen LogP contribution in [0.1, 0.15) is 30.9 Å². The summed E-state index contributed by atoms with van der Waals surface area (Å²) < 4.78 is 5.30. The molecule has 0 aromatic heterocycles. The molecule has 0 amide bonds. The van der Waals surface area contributed by atoms with Crippen LogP contribution in [-0.2, 0) is 4.79 Å². The highest BCUT2D eigenvalue weighted by Gasteiger charge is 2.18. The zero-order valence-corrected chi connectivity index (χ0v) is 9.78. The van der Waals surface area contributed by atoms with Crippen molar-refractivity contribution < 1.29 is 9.53 Å². The van der Waals surface area contributed by atoms with Gasteiger partial charge >= 0.3 is 0 Å². The van der Waals surface area contributed by atoms with Crippen LogP contribution in [0.4, 0.5) is 0 Å². The molecule has 1 atom stereocenters. The van der Waals surface area contributed by atoms with Gasteiger partial charge in [0.15, 0.2) is 0 Å². The molecule has 0 radical (unpaired) electrons. The Labute approximate surface area is 91.3 Å². The zero-order valence-electron chi connectivity index (χ0n) is 9.78. The molecule has 2 nitrogen and oxygen atoms in total. The smallest absolute Gasteiger partial charge is 0.127 e. The zero-order chi connectivity index (χ0) is 11.4. The standard InChI is InChI=1S/C13H18O2/c1-9(2)12(8-14)11-6-5-10(3)7-13(11)15-4/h5-9,12H,1-4H3. The Balaban J connectivity index is 3.16. The van der Waals surface area contributed by atoms with Gasteiger partial charge in [-0.2, -0.15) is 0 Å². The van der Waals surface area contributed by atoms with Crippen LogP contribution in [0.2, 0.25) is 0 Å². The van der Waals surface area contributed by atoms with Crippen molar-refractivity contribution in [3.05, 3.63) is 29.3 Å². The first-order chi connectivity index (χ1) is 7.10. The van der Waals surface area contributed by atoms with Gasteiger partial charge in [0.25, 0.3) is 0 Å². The molecule has 0 saturated carbocycles. The van der Waals surface area contributed by atoms with Crippen LogP contribution < -0.4 is 4.74 Å². The summed E-state index contributed by atoms with van der Waals surface area (Å²) in [6.07, 6.45) is 0.998. The minimum Gasteiger partial charge on any atom is -0.496 e. The summed E-state index contributed by atoms with van der Waals surface area (Å²) in [5, 5.41) is 0. The number of hydrogen-bond acceptors (Lipinski definition) is 2. The van der Waals surface area contributed by atoms with E-state index in [1.165, 1.54) is 0 Å². The molecular formula is C13H18O2. The topological polar surface area (TPSA) is 26.3 Å². The van der Waals surface area contributed by atoms with Crippen LogP contribution >= 0.6 is 0 Å². The Hall–Kier alpha value is -1.31. The van der Waals surface area contributed by atoms with Crippen LogP contribution in [0.3, 0.4) is 0 Å².